The first kappa shape index (κ1) is 25.1. The molecule has 1 atom stereocenters. The summed E-state index contributed by atoms with van der Waals surface area (Å²) in [6.45, 7) is 1.02. The van der Waals surface area contributed by atoms with Crippen LogP contribution in [-0.4, -0.2) is 59.9 Å². The largest absolute Gasteiger partial charge is 0.481 e. The van der Waals surface area contributed by atoms with Crippen LogP contribution in [0.15, 0.2) is 48.5 Å². The average molecular weight is 478 g/mol. The van der Waals surface area contributed by atoms with E-state index in [0.717, 1.165) is 27.2 Å². The molecule has 34 heavy (non-hydrogen) atoms. The second kappa shape index (κ2) is 10.6. The van der Waals surface area contributed by atoms with Crippen molar-refractivity contribution in [2.75, 3.05) is 19.7 Å². The van der Waals surface area contributed by atoms with Gasteiger partial charge in [-0.05, 0) is 35.6 Å². The number of alkyl carbamates (subject to hydrolysis) is 1. The Morgan fingerprint density at radius 1 is 1.06 bits per heavy atom. The van der Waals surface area contributed by atoms with Crippen LogP contribution in [0.1, 0.15) is 36.8 Å². The van der Waals surface area contributed by atoms with Crippen LogP contribution in [0, 0.1) is 0 Å². The first-order valence-electron chi connectivity index (χ1n) is 10.8. The van der Waals surface area contributed by atoms with Crippen LogP contribution in [0.25, 0.3) is 11.1 Å². The number of aliphatic carboxylic acids is 1. The number of rotatable bonds is 9. The molecule has 0 aromatic heterocycles. The number of likely N-dealkylation sites (N-methyl/N-ethyl adjacent to an activating group) is 1. The van der Waals surface area contributed by atoms with Crippen LogP contribution in [0.5, 0.6) is 0 Å². The standard InChI is InChI=1S/C24H25F3N2O5/c1-2-29(13-7-12-20(30)31)22(32)21(24(25,26)27)28-23(33)34-14-19-17-10-5-3-8-15(17)16-9-4-6-11-18(16)19/h3-6,8-11,19,21H,2,7,12-14H2,1H3,(H,28,33)(H,30,31). The van der Waals surface area contributed by atoms with Crippen LogP contribution in [0.3, 0.4) is 0 Å². The maximum absolute atomic E-state index is 13.6. The molecule has 0 fully saturated rings. The number of carbonyl (C=O) groups is 3. The van der Waals surface area contributed by atoms with Crippen molar-refractivity contribution in [2.45, 2.75) is 37.9 Å². The maximum atomic E-state index is 13.6. The molecule has 0 heterocycles. The zero-order valence-corrected chi connectivity index (χ0v) is 18.5. The van der Waals surface area contributed by atoms with Crippen LogP contribution in [0.2, 0.25) is 0 Å². The summed E-state index contributed by atoms with van der Waals surface area (Å²) in [4.78, 5) is 36.3. The van der Waals surface area contributed by atoms with E-state index in [1.54, 1.807) is 5.32 Å². The number of fused-ring (bicyclic) bond motifs is 3. The van der Waals surface area contributed by atoms with Crippen molar-refractivity contribution in [3.63, 3.8) is 0 Å². The van der Waals surface area contributed by atoms with E-state index in [1.165, 1.54) is 6.92 Å². The molecule has 1 unspecified atom stereocenters. The van der Waals surface area contributed by atoms with E-state index in [0.29, 0.717) is 0 Å². The summed E-state index contributed by atoms with van der Waals surface area (Å²) in [7, 11) is 0. The third-order valence-corrected chi connectivity index (χ3v) is 5.69. The molecule has 0 spiro atoms. The number of carbonyl (C=O) groups excluding carboxylic acids is 2. The number of carboxylic acids is 1. The fourth-order valence-electron chi connectivity index (χ4n) is 4.07. The van der Waals surface area contributed by atoms with Gasteiger partial charge in [0.2, 0.25) is 6.04 Å². The van der Waals surface area contributed by atoms with Gasteiger partial charge in [-0.2, -0.15) is 13.2 Å². The highest BCUT2D eigenvalue weighted by Gasteiger charge is 2.48. The van der Waals surface area contributed by atoms with Crippen molar-refractivity contribution in [1.82, 2.24) is 10.2 Å². The molecule has 7 nitrogen and oxygen atoms in total. The number of nitrogens with zero attached hydrogens (tertiary/aromatic N) is 1. The molecular weight excluding hydrogens is 453 g/mol. The Hall–Kier alpha value is -3.56. The molecule has 1 aliphatic rings. The topological polar surface area (TPSA) is 95.9 Å². The van der Waals surface area contributed by atoms with E-state index in [1.807, 2.05) is 48.5 Å². The van der Waals surface area contributed by atoms with Crippen LogP contribution in [-0.2, 0) is 14.3 Å². The summed E-state index contributed by atoms with van der Waals surface area (Å²) < 4.78 is 45.9. The Bertz CT molecular complexity index is 1010. The molecule has 0 radical (unpaired) electrons. The third-order valence-electron chi connectivity index (χ3n) is 5.69. The fourth-order valence-corrected chi connectivity index (χ4v) is 4.07. The lowest BCUT2D eigenvalue weighted by atomic mass is 9.98. The van der Waals surface area contributed by atoms with E-state index in [9.17, 15) is 27.6 Å². The molecule has 3 rings (SSSR count). The average Bonchev–Trinajstić information content (AvgIpc) is 3.11. The summed E-state index contributed by atoms with van der Waals surface area (Å²) in [5.74, 6) is -2.83. The van der Waals surface area contributed by atoms with Gasteiger partial charge in [0.05, 0.1) is 0 Å². The molecular formula is C24H25F3N2O5. The van der Waals surface area contributed by atoms with Crippen molar-refractivity contribution in [2.24, 2.45) is 0 Å². The summed E-state index contributed by atoms with van der Waals surface area (Å²) in [6.07, 6.45) is -6.72. The first-order chi connectivity index (χ1) is 16.1. The minimum atomic E-state index is -5.05. The van der Waals surface area contributed by atoms with Gasteiger partial charge in [-0.25, -0.2) is 4.79 Å². The second-order valence-corrected chi connectivity index (χ2v) is 7.86. The molecule has 2 aromatic carbocycles. The van der Waals surface area contributed by atoms with Crippen LogP contribution in [0.4, 0.5) is 18.0 Å². The van der Waals surface area contributed by atoms with Gasteiger partial charge in [-0.1, -0.05) is 48.5 Å². The van der Waals surface area contributed by atoms with Gasteiger partial charge >= 0.3 is 18.2 Å². The van der Waals surface area contributed by atoms with E-state index in [4.69, 9.17) is 9.84 Å². The smallest absolute Gasteiger partial charge is 0.417 e. The monoisotopic (exact) mass is 478 g/mol. The number of ether oxygens (including phenoxy) is 1. The lowest BCUT2D eigenvalue weighted by Gasteiger charge is -2.28. The third kappa shape index (κ3) is 5.67. The molecule has 10 heteroatoms. The van der Waals surface area contributed by atoms with Crippen molar-refractivity contribution < 1.29 is 37.4 Å². The maximum Gasteiger partial charge on any atom is 0.417 e. The Morgan fingerprint density at radius 2 is 1.62 bits per heavy atom. The molecule has 0 bridgehead atoms. The van der Waals surface area contributed by atoms with Crippen molar-refractivity contribution >= 4 is 18.0 Å². The van der Waals surface area contributed by atoms with Crippen molar-refractivity contribution in [3.05, 3.63) is 59.7 Å². The summed E-state index contributed by atoms with van der Waals surface area (Å²) in [5.41, 5.74) is 3.73. The van der Waals surface area contributed by atoms with Gasteiger partial charge < -0.3 is 20.1 Å². The number of halogens is 3. The Morgan fingerprint density at radius 3 is 2.12 bits per heavy atom. The van der Waals surface area contributed by atoms with Crippen LogP contribution < -0.4 is 5.32 Å². The van der Waals surface area contributed by atoms with Gasteiger partial charge in [0, 0.05) is 25.4 Å². The molecule has 182 valence electrons. The zero-order valence-electron chi connectivity index (χ0n) is 18.5. The van der Waals surface area contributed by atoms with Gasteiger partial charge in [0.1, 0.15) is 6.61 Å². The van der Waals surface area contributed by atoms with Gasteiger partial charge in [-0.15, -0.1) is 0 Å². The number of carboxylic acid groups (broad SMARTS) is 1. The number of benzene rings is 2. The highest BCUT2D eigenvalue weighted by molar-refractivity contribution is 5.86. The molecule has 0 aliphatic heterocycles. The highest BCUT2D eigenvalue weighted by atomic mass is 19.4. The molecule has 0 saturated carbocycles. The van der Waals surface area contributed by atoms with Gasteiger partial charge in [0.25, 0.3) is 5.91 Å². The summed E-state index contributed by atoms with van der Waals surface area (Å²) in [5, 5.41) is 10.4. The predicted molar refractivity (Wildman–Crippen MR) is 117 cm³/mol. The number of nitrogens with one attached hydrogen (secondary N) is 1. The number of amides is 2. The van der Waals surface area contributed by atoms with Crippen molar-refractivity contribution in [1.29, 1.82) is 0 Å². The highest BCUT2D eigenvalue weighted by Crippen LogP contribution is 2.44. The lowest BCUT2D eigenvalue weighted by molar-refractivity contribution is -0.174. The van der Waals surface area contributed by atoms with Gasteiger partial charge in [-0.3, -0.25) is 9.59 Å². The lowest BCUT2D eigenvalue weighted by Crippen LogP contribution is -2.56. The first-order valence-corrected chi connectivity index (χ1v) is 10.8. The normalized spacial score (nSPS) is 13.5. The van der Waals surface area contributed by atoms with E-state index >= 15 is 0 Å². The fraction of sp³-hybridized carbons (Fsp3) is 0.375. The molecule has 2 amide bonds. The molecule has 1 aliphatic carbocycles. The van der Waals surface area contributed by atoms with Crippen molar-refractivity contribution in [3.8, 4) is 11.1 Å². The summed E-state index contributed by atoms with van der Waals surface area (Å²) in [6, 6.07) is 12.2. The number of hydrogen-bond acceptors (Lipinski definition) is 4. The quantitative estimate of drug-likeness (QED) is 0.564. The molecule has 2 aromatic rings. The molecule has 2 N–H and O–H groups in total. The minimum Gasteiger partial charge on any atom is -0.481 e. The number of alkyl halides is 3. The Balaban J connectivity index is 1.68. The zero-order chi connectivity index (χ0) is 24.9. The van der Waals surface area contributed by atoms with Gasteiger partial charge in [0.15, 0.2) is 0 Å². The summed E-state index contributed by atoms with van der Waals surface area (Å²) >= 11 is 0. The second-order valence-electron chi connectivity index (χ2n) is 7.86. The SMILES string of the molecule is CCN(CCCC(=O)O)C(=O)C(NC(=O)OCC1c2ccccc2-c2ccccc21)C(F)(F)F. The Labute approximate surface area is 194 Å². The number of hydrogen-bond donors (Lipinski definition) is 2. The van der Waals surface area contributed by atoms with E-state index in [2.05, 4.69) is 0 Å². The molecule has 0 saturated heterocycles. The van der Waals surface area contributed by atoms with E-state index < -0.39 is 30.2 Å². The predicted octanol–water partition coefficient (Wildman–Crippen LogP) is 4.17. The van der Waals surface area contributed by atoms with E-state index in [-0.39, 0.29) is 38.5 Å². The minimum absolute atomic E-state index is 0.00949. The Kier molecular flexibility index (Phi) is 7.80. The van der Waals surface area contributed by atoms with Crippen LogP contribution >= 0.6 is 0 Å².